The topological polar surface area (TPSA) is 24.7 Å². The molecule has 10 aliphatic carbocycles. The highest BCUT2D eigenvalue weighted by molar-refractivity contribution is 6.20. The van der Waals surface area contributed by atoms with E-state index < -0.39 is 0 Å². The number of rotatable bonds is 0. The van der Waals surface area contributed by atoms with Gasteiger partial charge in [0.15, 0.2) is 0 Å². The molecule has 2 unspecified atom stereocenters. The fourth-order valence-electron chi connectivity index (χ4n) is 30.4. The summed E-state index contributed by atoms with van der Waals surface area (Å²) in [5.74, 6) is 0.885. The lowest BCUT2D eigenvalue weighted by Crippen LogP contribution is -2.36. The molecular formula is C140H148N2. The summed E-state index contributed by atoms with van der Waals surface area (Å²) in [6.45, 7) is 87.8. The van der Waals surface area contributed by atoms with E-state index in [0.717, 1.165) is 64.2 Å². The van der Waals surface area contributed by atoms with Crippen LogP contribution in [0.15, 0.2) is 125 Å². The zero-order valence-electron chi connectivity index (χ0n) is 93.0. The zero-order valence-corrected chi connectivity index (χ0v) is 93.0. The summed E-state index contributed by atoms with van der Waals surface area (Å²) in [6.07, 6.45) is 25.2. The van der Waals surface area contributed by atoms with Gasteiger partial charge in [-0.1, -0.05) is 105 Å². The van der Waals surface area contributed by atoms with E-state index >= 15 is 0 Å². The fraction of sp³-hybridized carbons (Fsp3) is 0.357. The van der Waals surface area contributed by atoms with Crippen LogP contribution in [0.5, 0.6) is 0 Å². The molecule has 0 saturated heterocycles. The van der Waals surface area contributed by atoms with Crippen molar-refractivity contribution < 1.29 is 0 Å². The first-order valence-electron chi connectivity index (χ1n) is 53.4. The van der Waals surface area contributed by atoms with Crippen LogP contribution in [-0.4, -0.2) is 11.4 Å². The van der Waals surface area contributed by atoms with E-state index in [4.69, 9.17) is 9.98 Å². The van der Waals surface area contributed by atoms with Crippen LogP contribution in [0.1, 0.15) is 330 Å². The van der Waals surface area contributed by atoms with Crippen LogP contribution < -0.4 is 0 Å². The lowest BCUT2D eigenvalue weighted by atomic mass is 9.62. The monoisotopic (exact) mass is 1860 g/mol. The first-order chi connectivity index (χ1) is 67.2. The summed E-state index contributed by atoms with van der Waals surface area (Å²) >= 11 is 0. The number of hydrogen-bond acceptors (Lipinski definition) is 2. The molecule has 0 radical (unpaired) electrons. The second kappa shape index (κ2) is 33.2. The smallest absolute Gasteiger partial charge is 0.0516 e. The molecule has 12 aliphatic rings. The standard InChI is InChI=1S/C42H46.3C26H26.C20H24N2/c1-17-19(3)23(7)37-29(13)41-31(27(11)35(37)21(17)5)15-33-34-16-32-28(12)36-22(6)18(2)20(4)24(8)38(36)30(14)42(32)40(34)26(10)25(9)39(33)41;1-13-7-19-11-23-24-12-20-8-14(2)10-22(20)18(6)26(24)16(4)15(3)25(23)17(5)21(19)9-13;2*1-13-7-19-15(3)11-23-24-12-16(4)20-8-14(2)10-22(20)26(24)18(6)17(5)25(23)21(19)9-13;1-9-7-15-11(3)14(6)20-18-16(8-10(2)22-20)12(4)13(5)19(21-9)17(15)18/h15-16H2,1-14H3;2*9-12H,7-8H2,1-6H3;7-8,11-12H,9-10H2,1-6H3;17-18H,7-8H2,1-6H3. The Bertz CT molecular complexity index is 8410. The van der Waals surface area contributed by atoms with Crippen molar-refractivity contribution in [1.29, 1.82) is 0 Å². The molecule has 14 aromatic carbocycles. The van der Waals surface area contributed by atoms with Gasteiger partial charge in [-0.3, -0.25) is 9.98 Å². The van der Waals surface area contributed by atoms with Crippen LogP contribution in [0.4, 0.5) is 0 Å². The van der Waals surface area contributed by atoms with Crippen LogP contribution >= 0.6 is 0 Å². The Labute approximate surface area is 847 Å². The lowest BCUT2D eigenvalue weighted by molar-refractivity contribution is 0.480. The van der Waals surface area contributed by atoms with E-state index in [1.54, 1.807) is 55.7 Å². The summed E-state index contributed by atoms with van der Waals surface area (Å²) in [6, 6.07) is 14.8. The van der Waals surface area contributed by atoms with E-state index in [9.17, 15) is 0 Å². The van der Waals surface area contributed by atoms with Gasteiger partial charge in [0.05, 0.1) is 11.4 Å². The van der Waals surface area contributed by atoms with Gasteiger partial charge in [-0.05, 0) is 691 Å². The molecule has 718 valence electrons. The second-order valence-electron chi connectivity index (χ2n) is 47.1. The van der Waals surface area contributed by atoms with Crippen molar-refractivity contribution in [3.63, 3.8) is 0 Å². The molecule has 0 fully saturated rings. The van der Waals surface area contributed by atoms with E-state index in [2.05, 4.69) is 336 Å². The predicted molar refractivity (Wildman–Crippen MR) is 623 cm³/mol. The van der Waals surface area contributed by atoms with Gasteiger partial charge in [0, 0.05) is 36.1 Å². The van der Waals surface area contributed by atoms with Crippen LogP contribution in [0, 0.1) is 192 Å². The van der Waals surface area contributed by atoms with Gasteiger partial charge >= 0.3 is 0 Å². The van der Waals surface area contributed by atoms with Gasteiger partial charge in [0.1, 0.15) is 0 Å². The molecular weight excluding hydrogens is 1710 g/mol. The highest BCUT2D eigenvalue weighted by atomic mass is 14.9. The molecule has 2 heteroatoms. The number of benzene rings is 14. The van der Waals surface area contributed by atoms with Gasteiger partial charge in [0.25, 0.3) is 0 Å². The number of nitrogens with zero attached hydrogens (tertiary/aromatic N) is 2. The Morgan fingerprint density at radius 2 is 0.437 bits per heavy atom. The molecule has 0 aromatic heterocycles. The molecule has 0 saturated carbocycles. The Balaban J connectivity index is 0.000000104. The van der Waals surface area contributed by atoms with Crippen LogP contribution in [0.25, 0.3) is 145 Å². The number of allylic oxidation sites excluding steroid dienone is 12. The molecule has 2 aliphatic heterocycles. The van der Waals surface area contributed by atoms with Crippen molar-refractivity contribution >= 4 is 134 Å². The van der Waals surface area contributed by atoms with E-state index in [1.807, 2.05) is 0 Å². The quantitative estimate of drug-likeness (QED) is 0.135. The van der Waals surface area contributed by atoms with Crippen molar-refractivity contribution in [3.05, 3.63) is 348 Å². The van der Waals surface area contributed by atoms with E-state index in [0.29, 0.717) is 11.8 Å². The first kappa shape index (κ1) is 94.8. The Morgan fingerprint density at radius 3 is 0.782 bits per heavy atom. The van der Waals surface area contributed by atoms with Crippen LogP contribution in [-0.2, 0) is 51.4 Å². The third-order valence-electron chi connectivity index (χ3n) is 38.8. The third-order valence-corrected chi connectivity index (χ3v) is 38.8. The molecule has 14 aromatic rings. The second-order valence-corrected chi connectivity index (χ2v) is 47.1. The average Bonchev–Trinajstić information content (AvgIpc) is 1.53. The number of fused-ring (bicyclic) bond motifs is 28. The molecule has 2 nitrogen and oxygen atoms in total. The number of aliphatic imine (C=N–C) groups is 2. The largest absolute Gasteiger partial charge is 0.261 e. The van der Waals surface area contributed by atoms with Gasteiger partial charge in [-0.2, -0.15) is 0 Å². The molecule has 0 amide bonds. The zero-order chi connectivity index (χ0) is 101. The maximum absolute atomic E-state index is 4.98. The Kier molecular flexibility index (Phi) is 22.2. The molecule has 2 atom stereocenters. The average molecular weight is 1860 g/mol. The first-order valence-corrected chi connectivity index (χ1v) is 53.4. The van der Waals surface area contributed by atoms with Crippen LogP contribution in [0.2, 0.25) is 0 Å². The minimum atomic E-state index is 0.443. The maximum Gasteiger partial charge on any atom is 0.0516 e. The van der Waals surface area contributed by atoms with Crippen molar-refractivity contribution in [2.24, 2.45) is 21.8 Å². The molecule has 0 N–H and O–H groups in total. The summed E-state index contributed by atoms with van der Waals surface area (Å²) in [7, 11) is 0. The lowest BCUT2D eigenvalue weighted by Gasteiger charge is -2.45. The summed E-state index contributed by atoms with van der Waals surface area (Å²) in [5.41, 5.74) is 91.4. The molecule has 0 spiro atoms. The predicted octanol–water partition coefficient (Wildman–Crippen LogP) is 38.0. The summed E-state index contributed by atoms with van der Waals surface area (Å²) in [5, 5.41) is 23.6. The van der Waals surface area contributed by atoms with Crippen molar-refractivity contribution in [2.75, 3.05) is 0 Å². The minimum absolute atomic E-state index is 0.443. The molecule has 2 heterocycles. The summed E-state index contributed by atoms with van der Waals surface area (Å²) in [4.78, 5) is 9.96. The highest BCUT2D eigenvalue weighted by Crippen LogP contribution is 2.60. The van der Waals surface area contributed by atoms with E-state index in [-0.39, 0.29) is 0 Å². The molecule has 26 rings (SSSR count). The van der Waals surface area contributed by atoms with Crippen molar-refractivity contribution in [2.45, 2.75) is 327 Å². The van der Waals surface area contributed by atoms with Crippen molar-refractivity contribution in [1.82, 2.24) is 0 Å². The van der Waals surface area contributed by atoms with E-state index in [1.165, 1.54) is 376 Å². The number of aryl methyl sites for hydroxylation is 20. The Hall–Kier alpha value is -12.1. The highest BCUT2D eigenvalue weighted by Gasteiger charge is 2.47. The SMILES string of the molecule is CC1=Cc2c(C)cc3c(c(C)c(C)c4c5c(c(C)cc43)C=C(C)C5)c2C1.CC1=Cc2c(c(C)cc3c2c(C)c(C)c2c4c(c(C)cc23)CC(C)=C4)C1.CC1=Cc2c(cc3c(c2C)c(C)c(C)c2c(C)c4c(cc23)CC(C)=C4)C1.CC1=NC2=C(C)C(C)=C3CC(C)=NC4=C(C)C(C)=C(C1)C2C34.Cc1c(C)c2c(c3c1-c1c(c(C)c4c(C)c(C)c(C)c(C)c4c1C)C3)Cc1c-2c(C)c2c(C)c(C)c(C)c(C)c2c1C. The minimum Gasteiger partial charge on any atom is -0.261 e. The summed E-state index contributed by atoms with van der Waals surface area (Å²) < 4.78 is 0. The fourth-order valence-corrected chi connectivity index (χ4v) is 30.4. The van der Waals surface area contributed by atoms with Gasteiger partial charge in [0.2, 0.25) is 0 Å². The Morgan fingerprint density at radius 1 is 0.176 bits per heavy atom. The maximum atomic E-state index is 4.98. The van der Waals surface area contributed by atoms with Crippen molar-refractivity contribution in [3.8, 4) is 22.3 Å². The molecule has 0 bridgehead atoms. The molecule has 142 heavy (non-hydrogen) atoms. The third kappa shape index (κ3) is 13.4. The normalized spacial score (nSPS) is 17.2. The number of hydrogen-bond donors (Lipinski definition) is 0. The van der Waals surface area contributed by atoms with Gasteiger partial charge in [-0.25, -0.2) is 0 Å². The van der Waals surface area contributed by atoms with Gasteiger partial charge in [-0.15, -0.1) is 0 Å². The van der Waals surface area contributed by atoms with Gasteiger partial charge < -0.3 is 0 Å². The van der Waals surface area contributed by atoms with Crippen LogP contribution in [0.3, 0.4) is 0 Å².